The number of nitrogens with zero attached hydrogens (tertiary/aromatic N) is 3. The summed E-state index contributed by atoms with van der Waals surface area (Å²) < 4.78 is 0. The number of benzene rings is 1. The molecule has 0 spiro atoms. The molecule has 2 heterocycles. The third-order valence-corrected chi connectivity index (χ3v) is 5.18. The number of likely N-dealkylation sites (tertiary alicyclic amines) is 1. The summed E-state index contributed by atoms with van der Waals surface area (Å²) >= 11 is 5.05. The fourth-order valence-corrected chi connectivity index (χ4v) is 3.61. The Hall–Kier alpha value is -2.38. The third kappa shape index (κ3) is 4.87. The Kier molecular flexibility index (Phi) is 6.47. The average Bonchev–Trinajstić information content (AvgIpc) is 2.67. The summed E-state index contributed by atoms with van der Waals surface area (Å²) in [5.74, 6) is -1.66. The van der Waals surface area contributed by atoms with Crippen molar-refractivity contribution >= 4 is 35.4 Å². The van der Waals surface area contributed by atoms with Gasteiger partial charge in [0.25, 0.3) is 0 Å². The molecule has 0 bridgehead atoms. The first-order chi connectivity index (χ1) is 13.1. The van der Waals surface area contributed by atoms with Crippen LogP contribution in [-0.4, -0.2) is 58.6 Å². The molecule has 3 rings (SSSR count). The molecule has 27 heavy (non-hydrogen) atoms. The Morgan fingerprint density at radius 3 is 2.59 bits per heavy atom. The van der Waals surface area contributed by atoms with Crippen LogP contribution in [0.15, 0.2) is 48.0 Å². The molecule has 142 valence electrons. The summed E-state index contributed by atoms with van der Waals surface area (Å²) in [5.41, 5.74) is 1.31. The first-order valence-corrected chi connectivity index (χ1v) is 9.56. The number of hydrogen-bond donors (Lipinski definition) is 1. The maximum absolute atomic E-state index is 12.5. The van der Waals surface area contributed by atoms with E-state index in [1.165, 1.54) is 16.7 Å². The van der Waals surface area contributed by atoms with E-state index in [2.05, 4.69) is 46.1 Å². The number of aliphatic imine (C=N–C) groups is 1. The number of piperidine rings is 1. The number of rotatable bonds is 6. The lowest BCUT2D eigenvalue weighted by molar-refractivity contribution is -0.137. The van der Waals surface area contributed by atoms with Gasteiger partial charge in [-0.3, -0.25) is 24.4 Å². The Morgan fingerprint density at radius 1 is 1.22 bits per heavy atom. The maximum atomic E-state index is 12.5. The predicted molar refractivity (Wildman–Crippen MR) is 109 cm³/mol. The van der Waals surface area contributed by atoms with Crippen LogP contribution in [0.5, 0.6) is 0 Å². The molecule has 2 aliphatic heterocycles. The Bertz CT molecular complexity index is 742. The first-order valence-electron chi connectivity index (χ1n) is 9.15. The van der Waals surface area contributed by atoms with Gasteiger partial charge in [0.2, 0.25) is 11.8 Å². The quantitative estimate of drug-likeness (QED) is 0.351. The molecule has 2 amide bonds. The molecule has 0 saturated carbocycles. The standard InChI is InChI=1S/C20H24N4O2S/c1-2-10-24-19(26)17(18(25)22-20(24)27)13-21-16-8-11-23(12-9-16)14-15-6-4-3-5-7-15/h2-7,13,16-17H,1,8-12,14H2,(H,22,25,27)/t17-/m0/s1. The molecule has 1 aromatic carbocycles. The Labute approximate surface area is 164 Å². The predicted octanol–water partition coefficient (Wildman–Crippen LogP) is 1.77. The Balaban J connectivity index is 1.54. The lowest BCUT2D eigenvalue weighted by atomic mass is 10.0. The van der Waals surface area contributed by atoms with E-state index >= 15 is 0 Å². The smallest absolute Gasteiger partial charge is 0.247 e. The van der Waals surface area contributed by atoms with Gasteiger partial charge < -0.3 is 5.32 Å². The van der Waals surface area contributed by atoms with Crippen LogP contribution in [0.25, 0.3) is 0 Å². The zero-order chi connectivity index (χ0) is 19.2. The number of hydrogen-bond acceptors (Lipinski definition) is 5. The molecule has 0 aromatic heterocycles. The fourth-order valence-electron chi connectivity index (χ4n) is 3.34. The van der Waals surface area contributed by atoms with Crippen molar-refractivity contribution in [3.05, 3.63) is 48.6 Å². The van der Waals surface area contributed by atoms with Gasteiger partial charge in [0.1, 0.15) is 0 Å². The summed E-state index contributed by atoms with van der Waals surface area (Å²) in [7, 11) is 0. The number of amides is 2. The number of nitrogens with one attached hydrogen (secondary N) is 1. The molecule has 2 saturated heterocycles. The van der Waals surface area contributed by atoms with Crippen LogP contribution in [0, 0.1) is 5.92 Å². The molecule has 1 atom stereocenters. The van der Waals surface area contributed by atoms with Crippen LogP contribution in [0.2, 0.25) is 0 Å². The van der Waals surface area contributed by atoms with E-state index in [9.17, 15) is 9.59 Å². The van der Waals surface area contributed by atoms with Gasteiger partial charge in [-0.1, -0.05) is 36.4 Å². The van der Waals surface area contributed by atoms with E-state index in [0.717, 1.165) is 32.5 Å². The zero-order valence-electron chi connectivity index (χ0n) is 15.2. The van der Waals surface area contributed by atoms with Gasteiger partial charge >= 0.3 is 0 Å². The zero-order valence-corrected chi connectivity index (χ0v) is 16.0. The molecule has 2 aliphatic rings. The monoisotopic (exact) mass is 384 g/mol. The van der Waals surface area contributed by atoms with Gasteiger partial charge in [-0.25, -0.2) is 0 Å². The summed E-state index contributed by atoms with van der Waals surface area (Å²) in [5, 5.41) is 2.70. The molecule has 6 nitrogen and oxygen atoms in total. The van der Waals surface area contributed by atoms with Gasteiger partial charge in [-0.15, -0.1) is 6.58 Å². The van der Waals surface area contributed by atoms with Gasteiger partial charge in [0.05, 0.1) is 6.04 Å². The summed E-state index contributed by atoms with van der Waals surface area (Å²) in [6, 6.07) is 10.5. The highest BCUT2D eigenvalue weighted by atomic mass is 32.1. The molecule has 7 heteroatoms. The van der Waals surface area contributed by atoms with Crippen LogP contribution in [-0.2, 0) is 16.1 Å². The van der Waals surface area contributed by atoms with Crippen LogP contribution < -0.4 is 5.32 Å². The van der Waals surface area contributed by atoms with Crippen molar-refractivity contribution < 1.29 is 9.59 Å². The third-order valence-electron chi connectivity index (χ3n) is 4.85. The van der Waals surface area contributed by atoms with Crippen molar-refractivity contribution in [2.45, 2.75) is 25.4 Å². The van der Waals surface area contributed by atoms with Crippen LogP contribution >= 0.6 is 12.2 Å². The molecule has 2 fully saturated rings. The maximum Gasteiger partial charge on any atom is 0.247 e. The van der Waals surface area contributed by atoms with E-state index in [-0.39, 0.29) is 23.6 Å². The number of carbonyl (C=O) groups excluding carboxylic acids is 2. The van der Waals surface area contributed by atoms with E-state index < -0.39 is 11.8 Å². The molecular formula is C20H24N4O2S. The average molecular weight is 385 g/mol. The second kappa shape index (κ2) is 9.01. The minimum absolute atomic E-state index is 0.128. The molecule has 1 aromatic rings. The van der Waals surface area contributed by atoms with E-state index in [4.69, 9.17) is 12.2 Å². The van der Waals surface area contributed by atoms with Crippen LogP contribution in [0.4, 0.5) is 0 Å². The SMILES string of the molecule is C=CCN1C(=O)[C@@H](C=NC2CCN(Cc3ccccc3)CC2)C(=O)NC1=S. The largest absolute Gasteiger partial charge is 0.302 e. The van der Waals surface area contributed by atoms with Crippen LogP contribution in [0.3, 0.4) is 0 Å². The molecule has 0 aliphatic carbocycles. The second-order valence-corrected chi connectivity index (χ2v) is 7.19. The first kappa shape index (κ1) is 19.4. The minimum Gasteiger partial charge on any atom is -0.302 e. The van der Waals surface area contributed by atoms with Crippen molar-refractivity contribution in [2.24, 2.45) is 10.9 Å². The molecule has 0 radical (unpaired) electrons. The van der Waals surface area contributed by atoms with Gasteiger partial charge in [0.15, 0.2) is 11.0 Å². The van der Waals surface area contributed by atoms with E-state index in [0.29, 0.717) is 0 Å². The lowest BCUT2D eigenvalue weighted by Gasteiger charge is -2.31. The molecular weight excluding hydrogens is 360 g/mol. The highest BCUT2D eigenvalue weighted by Gasteiger charge is 2.37. The summed E-state index contributed by atoms with van der Waals surface area (Å²) in [4.78, 5) is 32.9. The second-order valence-electron chi connectivity index (χ2n) is 6.80. The Morgan fingerprint density at radius 2 is 1.93 bits per heavy atom. The molecule has 0 unspecified atom stereocenters. The number of carbonyl (C=O) groups is 2. The highest BCUT2D eigenvalue weighted by molar-refractivity contribution is 7.80. The highest BCUT2D eigenvalue weighted by Crippen LogP contribution is 2.17. The van der Waals surface area contributed by atoms with Crippen molar-refractivity contribution in [2.75, 3.05) is 19.6 Å². The van der Waals surface area contributed by atoms with Crippen molar-refractivity contribution in [3.8, 4) is 0 Å². The van der Waals surface area contributed by atoms with Gasteiger partial charge in [-0.2, -0.15) is 0 Å². The van der Waals surface area contributed by atoms with E-state index in [1.807, 2.05) is 6.07 Å². The van der Waals surface area contributed by atoms with Gasteiger partial charge in [0, 0.05) is 32.4 Å². The van der Waals surface area contributed by atoms with E-state index in [1.54, 1.807) is 6.08 Å². The van der Waals surface area contributed by atoms with Crippen molar-refractivity contribution in [1.29, 1.82) is 0 Å². The minimum atomic E-state index is -0.918. The van der Waals surface area contributed by atoms with Crippen molar-refractivity contribution in [3.63, 3.8) is 0 Å². The van der Waals surface area contributed by atoms with Gasteiger partial charge in [-0.05, 0) is 30.6 Å². The van der Waals surface area contributed by atoms with Crippen molar-refractivity contribution in [1.82, 2.24) is 15.1 Å². The summed E-state index contributed by atoms with van der Waals surface area (Å²) in [6.07, 6.45) is 4.91. The summed E-state index contributed by atoms with van der Waals surface area (Å²) in [6.45, 7) is 6.74. The lowest BCUT2D eigenvalue weighted by Crippen LogP contribution is -2.58. The van der Waals surface area contributed by atoms with Crippen LogP contribution in [0.1, 0.15) is 18.4 Å². The normalized spacial score (nSPS) is 22.3. The number of thiocarbonyl (C=S) groups is 1. The topological polar surface area (TPSA) is 65.0 Å². The molecule has 1 N–H and O–H groups in total. The fraction of sp³-hybridized carbons (Fsp3) is 0.400.